The summed E-state index contributed by atoms with van der Waals surface area (Å²) in [5.74, 6) is 0.379. The summed E-state index contributed by atoms with van der Waals surface area (Å²) < 4.78 is 16.7. The average Bonchev–Trinajstić information content (AvgIpc) is 2.35. The van der Waals surface area contributed by atoms with E-state index in [-0.39, 0.29) is 23.7 Å². The molecule has 0 saturated carbocycles. The summed E-state index contributed by atoms with van der Waals surface area (Å²) in [5, 5.41) is 0. The maximum Gasteiger partial charge on any atom is 0.0553 e. The molecule has 0 saturated heterocycles. The van der Waals surface area contributed by atoms with Crippen LogP contribution < -0.4 is 5.73 Å². The second kappa shape index (κ2) is 9.72. The Hall–Kier alpha value is -0.160. The van der Waals surface area contributed by atoms with Gasteiger partial charge in [-0.25, -0.2) is 0 Å². The maximum absolute atomic E-state index is 5.95. The first-order chi connectivity index (χ1) is 9.24. The van der Waals surface area contributed by atoms with E-state index in [2.05, 4.69) is 27.7 Å². The number of ether oxygens (including phenoxy) is 3. The zero-order valence-corrected chi connectivity index (χ0v) is 14.4. The minimum absolute atomic E-state index is 0.0706. The molecule has 4 nitrogen and oxygen atoms in total. The van der Waals surface area contributed by atoms with Gasteiger partial charge in [0.2, 0.25) is 0 Å². The molecule has 4 heteroatoms. The molecule has 0 aliphatic rings. The molecule has 20 heavy (non-hydrogen) atoms. The number of hydrogen-bond acceptors (Lipinski definition) is 4. The third-order valence-electron chi connectivity index (χ3n) is 4.00. The Kier molecular flexibility index (Phi) is 9.64. The minimum atomic E-state index is 0.0706. The molecule has 0 aliphatic carbocycles. The van der Waals surface area contributed by atoms with Crippen LogP contribution >= 0.6 is 0 Å². The average molecular weight is 289 g/mol. The van der Waals surface area contributed by atoms with Crippen LogP contribution in [0.15, 0.2) is 0 Å². The van der Waals surface area contributed by atoms with Crippen molar-refractivity contribution in [1.29, 1.82) is 0 Å². The molecule has 0 radical (unpaired) electrons. The van der Waals surface area contributed by atoms with Crippen molar-refractivity contribution in [3.8, 4) is 0 Å². The van der Waals surface area contributed by atoms with E-state index in [9.17, 15) is 0 Å². The standard InChI is InChI=1S/C16H35NO3/c1-12(15(4)17)10-20-14(3)9-16(5,11-18-6)8-13(2)19-7/h12-15H,8-11,17H2,1-7H3. The number of nitrogens with two attached hydrogens (primary N) is 1. The summed E-state index contributed by atoms with van der Waals surface area (Å²) in [6.45, 7) is 12.0. The Balaban J connectivity index is 4.35. The van der Waals surface area contributed by atoms with Gasteiger partial charge in [-0.15, -0.1) is 0 Å². The van der Waals surface area contributed by atoms with Crippen LogP contribution in [0.4, 0.5) is 0 Å². The topological polar surface area (TPSA) is 53.7 Å². The summed E-state index contributed by atoms with van der Waals surface area (Å²) in [7, 11) is 3.50. The predicted molar refractivity (Wildman–Crippen MR) is 83.9 cm³/mol. The Bertz CT molecular complexity index is 248. The molecule has 0 fully saturated rings. The quantitative estimate of drug-likeness (QED) is 0.635. The molecule has 0 spiro atoms. The lowest BCUT2D eigenvalue weighted by Gasteiger charge is -2.34. The highest BCUT2D eigenvalue weighted by molar-refractivity contribution is 4.79. The van der Waals surface area contributed by atoms with Crippen LogP contribution in [-0.2, 0) is 14.2 Å². The molecule has 0 amide bonds. The fourth-order valence-electron chi connectivity index (χ4n) is 2.55. The molecular weight excluding hydrogens is 254 g/mol. The van der Waals surface area contributed by atoms with Gasteiger partial charge in [-0.3, -0.25) is 0 Å². The van der Waals surface area contributed by atoms with Gasteiger partial charge in [0.05, 0.1) is 25.4 Å². The van der Waals surface area contributed by atoms with Crippen LogP contribution in [0.5, 0.6) is 0 Å². The van der Waals surface area contributed by atoms with Crippen molar-refractivity contribution in [1.82, 2.24) is 0 Å². The molecule has 2 N–H and O–H groups in total. The van der Waals surface area contributed by atoms with Crippen molar-refractivity contribution in [3.63, 3.8) is 0 Å². The van der Waals surface area contributed by atoms with Crippen LogP contribution in [0.25, 0.3) is 0 Å². The molecule has 0 aromatic rings. The van der Waals surface area contributed by atoms with Gasteiger partial charge in [-0.1, -0.05) is 13.8 Å². The van der Waals surface area contributed by atoms with E-state index in [4.69, 9.17) is 19.9 Å². The van der Waals surface area contributed by atoms with E-state index < -0.39 is 0 Å². The first-order valence-corrected chi connectivity index (χ1v) is 7.63. The molecule has 0 aromatic heterocycles. The normalized spacial score (nSPS) is 21.0. The van der Waals surface area contributed by atoms with Crippen LogP contribution in [0, 0.1) is 11.3 Å². The van der Waals surface area contributed by atoms with Crippen molar-refractivity contribution < 1.29 is 14.2 Å². The van der Waals surface area contributed by atoms with Crippen LogP contribution in [0.3, 0.4) is 0 Å². The zero-order chi connectivity index (χ0) is 15.8. The lowest BCUT2D eigenvalue weighted by atomic mass is 9.80. The highest BCUT2D eigenvalue weighted by atomic mass is 16.5. The number of hydrogen-bond donors (Lipinski definition) is 1. The van der Waals surface area contributed by atoms with E-state index in [0.29, 0.717) is 12.5 Å². The molecule has 0 rings (SSSR count). The first-order valence-electron chi connectivity index (χ1n) is 7.63. The van der Waals surface area contributed by atoms with Gasteiger partial charge in [-0.05, 0) is 44.9 Å². The van der Waals surface area contributed by atoms with E-state index in [0.717, 1.165) is 19.4 Å². The van der Waals surface area contributed by atoms with E-state index in [1.807, 2.05) is 6.92 Å². The van der Waals surface area contributed by atoms with Gasteiger partial charge < -0.3 is 19.9 Å². The van der Waals surface area contributed by atoms with Crippen molar-refractivity contribution in [2.45, 2.75) is 65.7 Å². The van der Waals surface area contributed by atoms with Gasteiger partial charge in [0.15, 0.2) is 0 Å². The van der Waals surface area contributed by atoms with Crippen LogP contribution in [0.1, 0.15) is 47.5 Å². The molecule has 0 aromatic carbocycles. The highest BCUT2D eigenvalue weighted by Gasteiger charge is 2.29. The molecule has 0 aliphatic heterocycles. The van der Waals surface area contributed by atoms with Crippen molar-refractivity contribution in [2.24, 2.45) is 17.1 Å². The summed E-state index contributed by atoms with van der Waals surface area (Å²) in [6, 6.07) is 0.168. The molecule has 0 bridgehead atoms. The number of methoxy groups -OCH3 is 2. The largest absolute Gasteiger partial charge is 0.384 e. The third-order valence-corrected chi connectivity index (χ3v) is 4.00. The Morgan fingerprint density at radius 2 is 1.55 bits per heavy atom. The third kappa shape index (κ3) is 8.20. The lowest BCUT2D eigenvalue weighted by molar-refractivity contribution is -0.0302. The molecule has 5 atom stereocenters. The van der Waals surface area contributed by atoms with E-state index >= 15 is 0 Å². The van der Waals surface area contributed by atoms with Crippen molar-refractivity contribution in [3.05, 3.63) is 0 Å². The highest BCUT2D eigenvalue weighted by Crippen LogP contribution is 2.31. The SMILES string of the molecule is COCC(C)(CC(C)OC)CC(C)OCC(C)C(C)N. The first kappa shape index (κ1) is 19.8. The monoisotopic (exact) mass is 289 g/mol. The Morgan fingerprint density at radius 3 is 2.00 bits per heavy atom. The molecule has 0 heterocycles. The van der Waals surface area contributed by atoms with Gasteiger partial charge in [0.25, 0.3) is 0 Å². The molecule has 122 valence electrons. The van der Waals surface area contributed by atoms with E-state index in [1.54, 1.807) is 14.2 Å². The van der Waals surface area contributed by atoms with Gasteiger partial charge in [-0.2, -0.15) is 0 Å². The smallest absolute Gasteiger partial charge is 0.0553 e. The van der Waals surface area contributed by atoms with Crippen molar-refractivity contribution >= 4 is 0 Å². The summed E-state index contributed by atoms with van der Waals surface area (Å²) in [6.07, 6.45) is 2.35. The fourth-order valence-corrected chi connectivity index (χ4v) is 2.55. The lowest BCUT2D eigenvalue weighted by Crippen LogP contribution is -2.34. The molecular formula is C16H35NO3. The maximum atomic E-state index is 5.95. The number of rotatable bonds is 11. The summed E-state index contributed by atoms with van der Waals surface area (Å²) >= 11 is 0. The van der Waals surface area contributed by atoms with Gasteiger partial charge in [0, 0.05) is 20.3 Å². The van der Waals surface area contributed by atoms with Crippen LogP contribution in [0.2, 0.25) is 0 Å². The summed E-state index contributed by atoms with van der Waals surface area (Å²) in [4.78, 5) is 0. The van der Waals surface area contributed by atoms with Crippen LogP contribution in [-0.4, -0.2) is 45.7 Å². The predicted octanol–water partition coefficient (Wildman–Crippen LogP) is 2.84. The zero-order valence-electron chi connectivity index (χ0n) is 14.4. The van der Waals surface area contributed by atoms with Gasteiger partial charge in [0.1, 0.15) is 0 Å². The second-order valence-electron chi connectivity index (χ2n) is 6.68. The summed E-state index contributed by atoms with van der Waals surface area (Å²) in [5.41, 5.74) is 5.94. The van der Waals surface area contributed by atoms with Crippen molar-refractivity contribution in [2.75, 3.05) is 27.4 Å². The van der Waals surface area contributed by atoms with Gasteiger partial charge >= 0.3 is 0 Å². The Labute approximate surface area is 125 Å². The minimum Gasteiger partial charge on any atom is -0.384 e. The fraction of sp³-hybridized carbons (Fsp3) is 1.00. The van der Waals surface area contributed by atoms with E-state index in [1.165, 1.54) is 0 Å². The second-order valence-corrected chi connectivity index (χ2v) is 6.68. The molecule has 5 unspecified atom stereocenters. The Morgan fingerprint density at radius 1 is 1.00 bits per heavy atom.